The summed E-state index contributed by atoms with van der Waals surface area (Å²) in [5, 5.41) is 19.4. The summed E-state index contributed by atoms with van der Waals surface area (Å²) in [5.74, 6) is 1.01. The van der Waals surface area contributed by atoms with Gasteiger partial charge in [0.25, 0.3) is 0 Å². The highest BCUT2D eigenvalue weighted by Crippen LogP contribution is 2.41. The lowest BCUT2D eigenvalue weighted by atomic mass is 9.73. The van der Waals surface area contributed by atoms with Crippen molar-refractivity contribution in [2.24, 2.45) is 11.8 Å². The standard InChI is InChI=1S/C32H47NO2/c1-5-27(23-25(3)28-18-20-33(21-19-28)30-16-17-30)32(24(2)11-9-12-26(4)35)31(15-10-22-34)29-13-7-6-8-14-29/h5-9,11,13-14,23,26,28,30-32,34-35H,2,10,12,15-22H2,1,3-4H3/b11-9-,25-23+,27-5+/t26-,31-,32?/m1/s1. The monoisotopic (exact) mass is 477 g/mol. The molecule has 1 aromatic rings. The number of hydrogen-bond acceptors (Lipinski definition) is 3. The Morgan fingerprint density at radius 2 is 1.83 bits per heavy atom. The molecule has 3 heteroatoms. The molecule has 0 amide bonds. The third-order valence-corrected chi connectivity index (χ3v) is 7.84. The van der Waals surface area contributed by atoms with Crippen molar-refractivity contribution in [2.45, 2.75) is 83.8 Å². The highest BCUT2D eigenvalue weighted by Gasteiger charge is 2.32. The van der Waals surface area contributed by atoms with Crippen LogP contribution >= 0.6 is 0 Å². The first-order valence-electron chi connectivity index (χ1n) is 13.7. The van der Waals surface area contributed by atoms with E-state index in [1.807, 2.05) is 13.0 Å². The summed E-state index contributed by atoms with van der Waals surface area (Å²) in [6.45, 7) is 13.4. The minimum absolute atomic E-state index is 0.126. The molecule has 35 heavy (non-hydrogen) atoms. The first-order valence-corrected chi connectivity index (χ1v) is 13.7. The smallest absolute Gasteiger partial charge is 0.0546 e. The van der Waals surface area contributed by atoms with Gasteiger partial charge >= 0.3 is 0 Å². The van der Waals surface area contributed by atoms with E-state index in [9.17, 15) is 10.2 Å². The van der Waals surface area contributed by atoms with Crippen molar-refractivity contribution in [1.29, 1.82) is 0 Å². The molecule has 3 nitrogen and oxygen atoms in total. The first-order chi connectivity index (χ1) is 16.9. The Bertz CT molecular complexity index is 870. The Kier molecular flexibility index (Phi) is 11.0. The number of likely N-dealkylation sites (tertiary alicyclic amines) is 1. The number of nitrogens with zero attached hydrogens (tertiary/aromatic N) is 1. The maximum absolute atomic E-state index is 9.75. The van der Waals surface area contributed by atoms with Crippen molar-refractivity contribution in [2.75, 3.05) is 19.7 Å². The normalized spacial score (nSPS) is 21.3. The Balaban J connectivity index is 1.88. The summed E-state index contributed by atoms with van der Waals surface area (Å²) in [6, 6.07) is 11.6. The second-order valence-electron chi connectivity index (χ2n) is 10.6. The first kappa shape index (κ1) is 27.6. The highest BCUT2D eigenvalue weighted by molar-refractivity contribution is 5.40. The van der Waals surface area contributed by atoms with Gasteiger partial charge in [0.05, 0.1) is 6.10 Å². The molecule has 3 atom stereocenters. The molecule has 1 aliphatic heterocycles. The fourth-order valence-corrected chi connectivity index (χ4v) is 5.66. The molecule has 2 aliphatic rings. The average molecular weight is 478 g/mol. The van der Waals surface area contributed by atoms with E-state index in [-0.39, 0.29) is 24.5 Å². The lowest BCUT2D eigenvalue weighted by Gasteiger charge is -2.34. The van der Waals surface area contributed by atoms with Crippen LogP contribution in [0.5, 0.6) is 0 Å². The second-order valence-corrected chi connectivity index (χ2v) is 10.6. The zero-order valence-electron chi connectivity index (χ0n) is 22.2. The van der Waals surface area contributed by atoms with Crippen molar-refractivity contribution in [3.05, 3.63) is 83.5 Å². The SMILES string of the molecule is C=C(/C=C\C[C@@H](C)O)C(C(=C/C)/C=C(\C)C1CCN(C2CC2)CC1)[C@H](CCCO)c1ccccc1. The second kappa shape index (κ2) is 14.0. The number of rotatable bonds is 13. The van der Waals surface area contributed by atoms with Crippen molar-refractivity contribution in [1.82, 2.24) is 4.90 Å². The van der Waals surface area contributed by atoms with Gasteiger partial charge in [0.2, 0.25) is 0 Å². The molecule has 0 radical (unpaired) electrons. The minimum atomic E-state index is -0.360. The van der Waals surface area contributed by atoms with E-state index >= 15 is 0 Å². The summed E-state index contributed by atoms with van der Waals surface area (Å²) in [4.78, 5) is 2.69. The topological polar surface area (TPSA) is 43.7 Å². The number of allylic oxidation sites excluding steroid dienone is 6. The highest BCUT2D eigenvalue weighted by atomic mass is 16.3. The molecule has 1 aromatic carbocycles. The van der Waals surface area contributed by atoms with Crippen LogP contribution in [0.25, 0.3) is 0 Å². The zero-order valence-corrected chi connectivity index (χ0v) is 22.2. The summed E-state index contributed by atoms with van der Waals surface area (Å²) < 4.78 is 0. The molecule has 1 heterocycles. The number of hydrogen-bond donors (Lipinski definition) is 2. The van der Waals surface area contributed by atoms with Crippen molar-refractivity contribution in [3.8, 4) is 0 Å². The zero-order chi connectivity index (χ0) is 25.2. The van der Waals surface area contributed by atoms with E-state index in [2.05, 4.69) is 73.9 Å². The van der Waals surface area contributed by atoms with Gasteiger partial charge in [-0.15, -0.1) is 0 Å². The summed E-state index contributed by atoms with van der Waals surface area (Å²) in [5.41, 5.74) is 5.15. The quantitative estimate of drug-likeness (QED) is 0.307. The summed E-state index contributed by atoms with van der Waals surface area (Å²) in [6.07, 6.45) is 16.1. The van der Waals surface area contributed by atoms with Crippen LogP contribution in [0.4, 0.5) is 0 Å². The van der Waals surface area contributed by atoms with E-state index in [1.54, 1.807) is 0 Å². The number of aliphatic hydroxyl groups excluding tert-OH is 2. The molecular formula is C32H47NO2. The van der Waals surface area contributed by atoms with E-state index in [0.717, 1.165) is 24.5 Å². The third-order valence-electron chi connectivity index (χ3n) is 7.84. The van der Waals surface area contributed by atoms with E-state index in [4.69, 9.17) is 0 Å². The average Bonchev–Trinajstić information content (AvgIpc) is 3.71. The summed E-state index contributed by atoms with van der Waals surface area (Å²) in [7, 11) is 0. The molecule has 192 valence electrons. The lowest BCUT2D eigenvalue weighted by Crippen LogP contribution is -2.35. The molecule has 1 saturated heterocycles. The Hall–Kier alpha value is -1.94. The molecular weight excluding hydrogens is 430 g/mol. The van der Waals surface area contributed by atoms with Crippen LogP contribution < -0.4 is 0 Å². The fourth-order valence-electron chi connectivity index (χ4n) is 5.66. The van der Waals surface area contributed by atoms with Gasteiger partial charge in [-0.3, -0.25) is 0 Å². The van der Waals surface area contributed by atoms with Gasteiger partial charge in [0.1, 0.15) is 0 Å². The molecule has 3 rings (SSSR count). The largest absolute Gasteiger partial charge is 0.396 e. The van der Waals surface area contributed by atoms with Gasteiger partial charge in [-0.2, -0.15) is 0 Å². The number of piperidine rings is 1. The van der Waals surface area contributed by atoms with Crippen molar-refractivity contribution < 1.29 is 10.2 Å². The Morgan fingerprint density at radius 3 is 2.40 bits per heavy atom. The maximum atomic E-state index is 9.75. The van der Waals surface area contributed by atoms with Crippen LogP contribution in [0.2, 0.25) is 0 Å². The Labute approximate surface area is 213 Å². The fraction of sp³-hybridized carbons (Fsp3) is 0.562. The van der Waals surface area contributed by atoms with Gasteiger partial charge in [-0.1, -0.05) is 66.8 Å². The van der Waals surface area contributed by atoms with Crippen LogP contribution in [0.1, 0.15) is 77.2 Å². The molecule has 1 unspecified atom stereocenters. The molecule has 0 aromatic heterocycles. The van der Waals surface area contributed by atoms with Crippen LogP contribution in [0.3, 0.4) is 0 Å². The van der Waals surface area contributed by atoms with Gasteiger partial charge in [-0.05, 0) is 107 Å². The predicted octanol–water partition coefficient (Wildman–Crippen LogP) is 6.81. The van der Waals surface area contributed by atoms with Crippen LogP contribution in [-0.4, -0.2) is 47.0 Å². The lowest BCUT2D eigenvalue weighted by molar-refractivity contribution is 0.190. The van der Waals surface area contributed by atoms with Gasteiger partial charge in [-0.25, -0.2) is 0 Å². The van der Waals surface area contributed by atoms with Crippen LogP contribution in [0.15, 0.2) is 77.9 Å². The molecule has 2 fully saturated rings. The Morgan fingerprint density at radius 1 is 1.14 bits per heavy atom. The van der Waals surface area contributed by atoms with E-state index in [0.29, 0.717) is 12.3 Å². The molecule has 0 bridgehead atoms. The number of benzene rings is 1. The van der Waals surface area contributed by atoms with Gasteiger partial charge in [0, 0.05) is 18.6 Å². The summed E-state index contributed by atoms with van der Waals surface area (Å²) >= 11 is 0. The van der Waals surface area contributed by atoms with Gasteiger partial charge in [0.15, 0.2) is 0 Å². The van der Waals surface area contributed by atoms with E-state index in [1.165, 1.54) is 55.5 Å². The molecule has 0 spiro atoms. The van der Waals surface area contributed by atoms with Gasteiger partial charge < -0.3 is 15.1 Å². The van der Waals surface area contributed by atoms with Crippen LogP contribution in [-0.2, 0) is 0 Å². The van der Waals surface area contributed by atoms with Crippen molar-refractivity contribution >= 4 is 0 Å². The molecule has 1 saturated carbocycles. The number of aliphatic hydroxyl groups is 2. The van der Waals surface area contributed by atoms with E-state index < -0.39 is 0 Å². The predicted molar refractivity (Wildman–Crippen MR) is 148 cm³/mol. The molecule has 2 N–H and O–H groups in total. The van der Waals surface area contributed by atoms with Crippen LogP contribution in [0, 0.1) is 11.8 Å². The minimum Gasteiger partial charge on any atom is -0.396 e. The molecule has 1 aliphatic carbocycles. The maximum Gasteiger partial charge on any atom is 0.0546 e. The van der Waals surface area contributed by atoms with Crippen molar-refractivity contribution in [3.63, 3.8) is 0 Å². The third kappa shape index (κ3) is 8.31.